The van der Waals surface area contributed by atoms with E-state index in [1.165, 1.54) is 28.3 Å². The second-order valence-corrected chi connectivity index (χ2v) is 9.35. The lowest BCUT2D eigenvalue weighted by molar-refractivity contribution is -0.385. The molecule has 3 aromatic carbocycles. The van der Waals surface area contributed by atoms with Gasteiger partial charge in [-0.2, -0.15) is 0 Å². The van der Waals surface area contributed by atoms with E-state index in [1.807, 2.05) is 13.0 Å². The van der Waals surface area contributed by atoms with Crippen LogP contribution in [0.1, 0.15) is 11.1 Å². The zero-order chi connectivity index (χ0) is 20.6. The van der Waals surface area contributed by atoms with Crippen LogP contribution in [0.4, 0.5) is 11.4 Å². The fourth-order valence-electron chi connectivity index (χ4n) is 3.03. The number of thioether (sulfide) groups is 1. The molecular weight excluding hydrogens is 408 g/mol. The number of benzene rings is 3. The maximum absolute atomic E-state index is 13.4. The van der Waals surface area contributed by atoms with E-state index in [2.05, 4.69) is 0 Å². The van der Waals surface area contributed by atoms with E-state index >= 15 is 0 Å². The van der Waals surface area contributed by atoms with Gasteiger partial charge in [-0.05, 0) is 37.3 Å². The number of aryl methyl sites for hydroxylation is 1. The molecule has 0 radical (unpaired) electrons. The molecule has 0 atom stereocenters. The lowest BCUT2D eigenvalue weighted by atomic mass is 10.1. The molecule has 0 spiro atoms. The Balaban J connectivity index is 1.90. The van der Waals surface area contributed by atoms with Crippen molar-refractivity contribution in [2.45, 2.75) is 16.7 Å². The zero-order valence-corrected chi connectivity index (χ0v) is 17.0. The highest BCUT2D eigenvalue weighted by Gasteiger charge is 2.31. The summed E-state index contributed by atoms with van der Waals surface area (Å²) in [6.45, 7) is 1.88. The molecule has 8 heteroatoms. The molecule has 0 saturated carbocycles. The smallest absolute Gasteiger partial charge is 0.258 e. The Morgan fingerprint density at radius 1 is 0.931 bits per heavy atom. The number of fused-ring (bicyclic) bond motifs is 1. The molecule has 0 amide bonds. The summed E-state index contributed by atoms with van der Waals surface area (Å²) in [7, 11) is -3.89. The van der Waals surface area contributed by atoms with Gasteiger partial charge >= 0.3 is 0 Å². The summed E-state index contributed by atoms with van der Waals surface area (Å²) >= 11 is 1.31. The van der Waals surface area contributed by atoms with Gasteiger partial charge in [0.1, 0.15) is 0 Å². The Morgan fingerprint density at radius 3 is 2.31 bits per heavy atom. The highest BCUT2D eigenvalue weighted by atomic mass is 32.2. The van der Waals surface area contributed by atoms with E-state index in [0.717, 1.165) is 5.56 Å². The molecular formula is C21H16N2O4S2. The van der Waals surface area contributed by atoms with Crippen molar-refractivity contribution in [1.82, 2.24) is 0 Å². The summed E-state index contributed by atoms with van der Waals surface area (Å²) in [5.41, 5.74) is 1.77. The molecule has 3 aromatic rings. The normalized spacial score (nSPS) is 13.6. The van der Waals surface area contributed by atoms with Gasteiger partial charge in [0, 0.05) is 22.1 Å². The summed E-state index contributed by atoms with van der Waals surface area (Å²) in [4.78, 5) is 12.4. The molecule has 146 valence electrons. The molecule has 0 unspecified atom stereocenters. The van der Waals surface area contributed by atoms with E-state index < -0.39 is 14.9 Å². The predicted octanol–water partition coefficient (Wildman–Crippen LogP) is 5.20. The number of sulfonamides is 1. The number of rotatable bonds is 4. The number of nitro groups is 1. The molecule has 0 N–H and O–H groups in total. The minimum absolute atomic E-state index is 0.0710. The first-order valence-corrected chi connectivity index (χ1v) is 11.0. The van der Waals surface area contributed by atoms with Crippen molar-refractivity contribution < 1.29 is 13.3 Å². The third-order valence-corrected chi connectivity index (χ3v) is 7.30. The van der Waals surface area contributed by atoms with Crippen LogP contribution in [0.2, 0.25) is 0 Å². The molecule has 0 aliphatic carbocycles. The Morgan fingerprint density at radius 2 is 1.59 bits per heavy atom. The molecule has 0 aromatic heterocycles. The van der Waals surface area contributed by atoms with Crippen molar-refractivity contribution in [3.8, 4) is 0 Å². The van der Waals surface area contributed by atoms with Gasteiger partial charge in [0.15, 0.2) is 0 Å². The van der Waals surface area contributed by atoms with Crippen LogP contribution in [0, 0.1) is 17.0 Å². The maximum Gasteiger partial charge on any atom is 0.277 e. The van der Waals surface area contributed by atoms with Gasteiger partial charge in [-0.15, -0.1) is 0 Å². The Bertz CT molecular complexity index is 1240. The van der Waals surface area contributed by atoms with Crippen LogP contribution in [0.5, 0.6) is 0 Å². The number of anilines is 1. The van der Waals surface area contributed by atoms with Crippen molar-refractivity contribution in [2.75, 3.05) is 4.31 Å². The van der Waals surface area contributed by atoms with Crippen LogP contribution in [0.25, 0.3) is 4.91 Å². The monoisotopic (exact) mass is 424 g/mol. The molecule has 1 aliphatic rings. The summed E-state index contributed by atoms with van der Waals surface area (Å²) < 4.78 is 28.0. The third kappa shape index (κ3) is 3.52. The molecule has 6 nitrogen and oxygen atoms in total. The third-order valence-electron chi connectivity index (χ3n) is 4.50. The van der Waals surface area contributed by atoms with Crippen LogP contribution < -0.4 is 4.31 Å². The first-order chi connectivity index (χ1) is 13.9. The van der Waals surface area contributed by atoms with E-state index in [0.29, 0.717) is 21.1 Å². The Kier molecular flexibility index (Phi) is 4.89. The van der Waals surface area contributed by atoms with Gasteiger partial charge in [0.2, 0.25) is 0 Å². The second kappa shape index (κ2) is 7.38. The quantitative estimate of drug-likeness (QED) is 0.425. The molecule has 1 heterocycles. The van der Waals surface area contributed by atoms with Crippen molar-refractivity contribution >= 4 is 38.1 Å². The van der Waals surface area contributed by atoms with Gasteiger partial charge in [-0.3, -0.25) is 10.1 Å². The Hall–Kier alpha value is -3.10. The van der Waals surface area contributed by atoms with Crippen molar-refractivity contribution in [3.05, 3.63) is 100 Å². The Labute approximate surface area is 172 Å². The summed E-state index contributed by atoms with van der Waals surface area (Å²) in [5.74, 6) is 0. The van der Waals surface area contributed by atoms with Gasteiger partial charge in [0.25, 0.3) is 15.7 Å². The molecule has 1 aliphatic heterocycles. The minimum Gasteiger partial charge on any atom is -0.258 e. The van der Waals surface area contributed by atoms with Crippen LogP contribution in [-0.2, 0) is 10.0 Å². The fourth-order valence-corrected chi connectivity index (χ4v) is 5.62. The number of nitrogens with zero attached hydrogens (tertiary/aromatic N) is 2. The predicted molar refractivity (Wildman–Crippen MR) is 114 cm³/mol. The second-order valence-electron chi connectivity index (χ2n) is 6.45. The number of hydrogen-bond acceptors (Lipinski definition) is 5. The summed E-state index contributed by atoms with van der Waals surface area (Å²) in [5, 5.41) is 11.5. The highest BCUT2D eigenvalue weighted by Crippen LogP contribution is 2.47. The van der Waals surface area contributed by atoms with Crippen LogP contribution in [0.15, 0.2) is 88.8 Å². The SMILES string of the molecule is Cc1ccc(S(=O)(=O)N2C=C(c3ccccc3[N+](=O)[O-])Sc3ccccc32)cc1. The summed E-state index contributed by atoms with van der Waals surface area (Å²) in [6, 6.07) is 20.0. The average Bonchev–Trinajstić information content (AvgIpc) is 2.73. The van der Waals surface area contributed by atoms with Crippen molar-refractivity contribution in [3.63, 3.8) is 0 Å². The lowest BCUT2D eigenvalue weighted by Gasteiger charge is -2.28. The first kappa shape index (κ1) is 19.2. The van der Waals surface area contributed by atoms with Crippen LogP contribution in [-0.4, -0.2) is 13.3 Å². The maximum atomic E-state index is 13.4. The molecule has 29 heavy (non-hydrogen) atoms. The number of hydrogen-bond donors (Lipinski definition) is 0. The molecule has 0 bridgehead atoms. The average molecular weight is 425 g/mol. The van der Waals surface area contributed by atoms with Gasteiger partial charge in [-0.25, -0.2) is 12.7 Å². The zero-order valence-electron chi connectivity index (χ0n) is 15.3. The summed E-state index contributed by atoms with van der Waals surface area (Å²) in [6.07, 6.45) is 1.46. The fraction of sp³-hybridized carbons (Fsp3) is 0.0476. The van der Waals surface area contributed by atoms with Gasteiger partial charge < -0.3 is 0 Å². The number of para-hydroxylation sites is 2. The van der Waals surface area contributed by atoms with E-state index in [9.17, 15) is 18.5 Å². The van der Waals surface area contributed by atoms with Crippen molar-refractivity contribution in [2.24, 2.45) is 0 Å². The van der Waals surface area contributed by atoms with E-state index in [1.54, 1.807) is 60.7 Å². The number of nitro benzene ring substituents is 1. The van der Waals surface area contributed by atoms with Crippen molar-refractivity contribution in [1.29, 1.82) is 0 Å². The largest absolute Gasteiger partial charge is 0.277 e. The van der Waals surface area contributed by atoms with Gasteiger partial charge in [0.05, 0.1) is 21.1 Å². The topological polar surface area (TPSA) is 80.5 Å². The van der Waals surface area contributed by atoms with E-state index in [-0.39, 0.29) is 10.6 Å². The van der Waals surface area contributed by atoms with Gasteiger partial charge in [-0.1, -0.05) is 53.7 Å². The van der Waals surface area contributed by atoms with Crippen LogP contribution >= 0.6 is 11.8 Å². The minimum atomic E-state index is -3.89. The molecule has 0 fully saturated rings. The lowest BCUT2D eigenvalue weighted by Crippen LogP contribution is -2.27. The first-order valence-electron chi connectivity index (χ1n) is 8.71. The molecule has 0 saturated heterocycles. The molecule has 4 rings (SSSR count). The standard InChI is InChI=1S/C21H16N2O4S2/c1-15-10-12-16(13-11-15)29(26,27)22-14-21(28-20-9-5-4-8-19(20)22)17-6-2-3-7-18(17)23(24)25/h2-14H,1H3. The van der Waals surface area contributed by atoms with E-state index in [4.69, 9.17) is 0 Å². The van der Waals surface area contributed by atoms with Crippen LogP contribution in [0.3, 0.4) is 0 Å². The highest BCUT2D eigenvalue weighted by molar-refractivity contribution is 8.08.